The highest BCUT2D eigenvalue weighted by molar-refractivity contribution is 9.13. The maximum Gasteiger partial charge on any atom is 0.426 e. The molecule has 2 aromatic heterocycles. The van der Waals surface area contributed by atoms with Crippen LogP contribution in [0.25, 0.3) is 11.0 Å². The zero-order valence-electron chi connectivity index (χ0n) is 26.2. The second-order valence-electron chi connectivity index (χ2n) is 12.1. The van der Waals surface area contributed by atoms with Gasteiger partial charge in [0.25, 0.3) is 0 Å². The molecule has 7 rings (SSSR count). The number of nitrogens with one attached hydrogen (secondary N) is 2. The van der Waals surface area contributed by atoms with Crippen molar-refractivity contribution in [1.29, 1.82) is 0 Å². The Kier molecular flexibility index (Phi) is 9.73. The van der Waals surface area contributed by atoms with Crippen molar-refractivity contribution in [2.24, 2.45) is 0 Å². The van der Waals surface area contributed by atoms with E-state index in [9.17, 15) is 9.59 Å². The molecule has 12 heteroatoms. The van der Waals surface area contributed by atoms with E-state index in [1.165, 1.54) is 0 Å². The largest absolute Gasteiger partial charge is 0.426 e. The molecular formula is C36H35Br2N7O3. The second kappa shape index (κ2) is 14.5. The molecule has 48 heavy (non-hydrogen) atoms. The Labute approximate surface area is 295 Å². The number of anilines is 1. The van der Waals surface area contributed by atoms with Crippen LogP contribution in [0.2, 0.25) is 0 Å². The molecule has 246 valence electrons. The average molecular weight is 774 g/mol. The summed E-state index contributed by atoms with van der Waals surface area (Å²) in [4.78, 5) is 43.8. The fourth-order valence-corrected chi connectivity index (χ4v) is 7.25. The number of carbonyl (C=O) groups excluding carboxylic acids is 2. The SMILES string of the molecule is O=C(NC(Cc1ccc(Br)c(Br)c1)c1nc2ccccc2n1Cc1cccnc1)ON1CCC(N2CCc3ccccc3NC2=O)CC1. The molecule has 0 bridgehead atoms. The van der Waals surface area contributed by atoms with Gasteiger partial charge in [0.15, 0.2) is 0 Å². The smallest absolute Gasteiger partial charge is 0.351 e. The highest BCUT2D eigenvalue weighted by Gasteiger charge is 2.32. The zero-order valence-corrected chi connectivity index (χ0v) is 29.4. The summed E-state index contributed by atoms with van der Waals surface area (Å²) in [5.74, 6) is 0.725. The summed E-state index contributed by atoms with van der Waals surface area (Å²) < 4.78 is 4.01. The highest BCUT2D eigenvalue weighted by atomic mass is 79.9. The lowest BCUT2D eigenvalue weighted by molar-refractivity contribution is -0.120. The van der Waals surface area contributed by atoms with Gasteiger partial charge in [-0.1, -0.05) is 42.5 Å². The van der Waals surface area contributed by atoms with Gasteiger partial charge >= 0.3 is 12.1 Å². The molecule has 0 aliphatic carbocycles. The number of amides is 3. The fraction of sp³-hybridized carbons (Fsp3) is 0.278. The fourth-order valence-electron chi connectivity index (χ4n) is 6.58. The lowest BCUT2D eigenvalue weighted by atomic mass is 10.0. The summed E-state index contributed by atoms with van der Waals surface area (Å²) in [5.41, 5.74) is 5.88. The maximum absolute atomic E-state index is 13.6. The Bertz CT molecular complexity index is 1930. The average Bonchev–Trinajstić information content (AvgIpc) is 3.36. The molecule has 2 aliphatic heterocycles. The number of hydrogen-bond acceptors (Lipinski definition) is 6. The third-order valence-electron chi connectivity index (χ3n) is 8.99. The van der Waals surface area contributed by atoms with Gasteiger partial charge < -0.3 is 24.9 Å². The number of piperidine rings is 1. The van der Waals surface area contributed by atoms with Gasteiger partial charge in [0.05, 0.1) is 23.6 Å². The van der Waals surface area contributed by atoms with Crippen LogP contribution in [0.1, 0.15) is 41.4 Å². The van der Waals surface area contributed by atoms with Crippen LogP contribution in [-0.4, -0.2) is 62.3 Å². The zero-order chi connectivity index (χ0) is 33.0. The number of para-hydroxylation sites is 3. The van der Waals surface area contributed by atoms with E-state index in [2.05, 4.69) is 58.1 Å². The summed E-state index contributed by atoms with van der Waals surface area (Å²) in [6.45, 7) is 2.25. The van der Waals surface area contributed by atoms with E-state index in [4.69, 9.17) is 9.82 Å². The minimum absolute atomic E-state index is 0.0678. The molecule has 3 amide bonds. The molecule has 1 unspecified atom stereocenters. The van der Waals surface area contributed by atoms with Gasteiger partial charge in [0, 0.05) is 59.1 Å². The normalized spacial score (nSPS) is 16.2. The third kappa shape index (κ3) is 7.25. The Morgan fingerprint density at radius 3 is 2.58 bits per heavy atom. The Morgan fingerprint density at radius 2 is 1.77 bits per heavy atom. The van der Waals surface area contributed by atoms with Gasteiger partial charge in [0.1, 0.15) is 5.82 Å². The summed E-state index contributed by atoms with van der Waals surface area (Å²) >= 11 is 7.18. The summed E-state index contributed by atoms with van der Waals surface area (Å²) in [6, 6.07) is 25.4. The lowest BCUT2D eigenvalue weighted by Crippen LogP contribution is -2.49. The lowest BCUT2D eigenvalue weighted by Gasteiger charge is -2.37. The van der Waals surface area contributed by atoms with Crippen molar-refractivity contribution in [3.8, 4) is 0 Å². The monoisotopic (exact) mass is 771 g/mol. The molecule has 5 aromatic rings. The van der Waals surface area contributed by atoms with Crippen LogP contribution < -0.4 is 10.6 Å². The van der Waals surface area contributed by atoms with Gasteiger partial charge in [-0.3, -0.25) is 4.98 Å². The number of hydrogen-bond donors (Lipinski definition) is 2. The molecule has 1 fully saturated rings. The van der Waals surface area contributed by atoms with Gasteiger partial charge in [-0.05, 0) is 104 Å². The Morgan fingerprint density at radius 1 is 0.958 bits per heavy atom. The minimum atomic E-state index is -0.544. The van der Waals surface area contributed by atoms with Gasteiger partial charge in [-0.15, -0.1) is 5.06 Å². The van der Waals surface area contributed by atoms with Crippen molar-refractivity contribution >= 4 is 60.7 Å². The van der Waals surface area contributed by atoms with Crippen molar-refractivity contribution in [3.63, 3.8) is 0 Å². The number of fused-ring (bicyclic) bond motifs is 2. The van der Waals surface area contributed by atoms with E-state index < -0.39 is 12.1 Å². The Balaban J connectivity index is 1.07. The molecule has 2 aliphatic rings. The molecule has 0 radical (unpaired) electrons. The van der Waals surface area contributed by atoms with Gasteiger partial charge in [0.2, 0.25) is 0 Å². The number of nitrogens with zero attached hydrogens (tertiary/aromatic N) is 5. The van der Waals surface area contributed by atoms with Crippen LogP contribution >= 0.6 is 31.9 Å². The predicted molar refractivity (Wildman–Crippen MR) is 191 cm³/mol. The first kappa shape index (κ1) is 32.3. The highest BCUT2D eigenvalue weighted by Crippen LogP contribution is 2.29. The minimum Gasteiger partial charge on any atom is -0.351 e. The van der Waals surface area contributed by atoms with Crippen LogP contribution in [-0.2, 0) is 24.2 Å². The number of urea groups is 1. The molecule has 1 atom stereocenters. The van der Waals surface area contributed by atoms with Crippen LogP contribution in [0.3, 0.4) is 0 Å². The third-order valence-corrected chi connectivity index (χ3v) is 10.9. The number of carbonyl (C=O) groups is 2. The molecule has 2 N–H and O–H groups in total. The quantitative estimate of drug-likeness (QED) is 0.170. The number of hydroxylamine groups is 2. The first-order valence-corrected chi connectivity index (χ1v) is 17.7. The summed E-state index contributed by atoms with van der Waals surface area (Å²) in [6.07, 6.45) is 5.76. The predicted octanol–water partition coefficient (Wildman–Crippen LogP) is 7.48. The first-order chi connectivity index (χ1) is 23.4. The maximum atomic E-state index is 13.6. The van der Waals surface area contributed by atoms with Crippen LogP contribution in [0.5, 0.6) is 0 Å². The molecular weight excluding hydrogens is 738 g/mol. The van der Waals surface area contributed by atoms with Crippen molar-refractivity contribution in [3.05, 3.63) is 123 Å². The van der Waals surface area contributed by atoms with E-state index in [1.807, 2.05) is 83.9 Å². The van der Waals surface area contributed by atoms with Crippen molar-refractivity contribution in [2.75, 3.05) is 25.0 Å². The van der Waals surface area contributed by atoms with E-state index in [0.717, 1.165) is 54.6 Å². The Hall–Kier alpha value is -4.26. The van der Waals surface area contributed by atoms with Crippen molar-refractivity contribution in [1.82, 2.24) is 29.8 Å². The summed E-state index contributed by atoms with van der Waals surface area (Å²) in [5, 5.41) is 7.91. The molecule has 1 saturated heterocycles. The van der Waals surface area contributed by atoms with Crippen LogP contribution in [0, 0.1) is 0 Å². The molecule has 0 saturated carbocycles. The number of pyridine rings is 1. The van der Waals surface area contributed by atoms with E-state index >= 15 is 0 Å². The number of aromatic nitrogens is 3. The number of benzene rings is 3. The van der Waals surface area contributed by atoms with Crippen molar-refractivity contribution in [2.45, 2.75) is 44.3 Å². The van der Waals surface area contributed by atoms with Crippen LogP contribution in [0.4, 0.5) is 15.3 Å². The number of imidazole rings is 1. The molecule has 10 nitrogen and oxygen atoms in total. The van der Waals surface area contributed by atoms with E-state index in [1.54, 1.807) is 11.3 Å². The van der Waals surface area contributed by atoms with Gasteiger partial charge in [-0.2, -0.15) is 0 Å². The first-order valence-electron chi connectivity index (χ1n) is 16.1. The van der Waals surface area contributed by atoms with E-state index in [0.29, 0.717) is 45.4 Å². The van der Waals surface area contributed by atoms with Crippen LogP contribution in [0.15, 0.2) is 100 Å². The molecule has 3 aromatic carbocycles. The van der Waals surface area contributed by atoms with Crippen molar-refractivity contribution < 1.29 is 14.4 Å². The molecule has 4 heterocycles. The number of rotatable bonds is 8. The standard InChI is InChI=1S/C36H35Br2N7O3/c37-28-12-11-24(20-29(28)38)21-32(34-40-31-9-3-4-10-33(31)45(34)23-25-6-5-16-39-22-25)42-36(47)48-43-17-14-27(15-18-43)44-19-13-26-7-1-2-8-30(26)41-35(44)46/h1-12,16,20,22,27,32H,13-15,17-19,21,23H2,(H,41,46)(H,42,47). The number of halogens is 2. The topological polar surface area (TPSA) is 105 Å². The second-order valence-corrected chi connectivity index (χ2v) is 13.8. The molecule has 0 spiro atoms. The summed E-state index contributed by atoms with van der Waals surface area (Å²) in [7, 11) is 0. The van der Waals surface area contributed by atoms with Gasteiger partial charge in [-0.25, -0.2) is 14.6 Å². The van der Waals surface area contributed by atoms with E-state index in [-0.39, 0.29) is 12.1 Å².